The molecule has 3 nitrogen and oxygen atoms in total. The second-order valence-electron chi connectivity index (χ2n) is 5.74. The van der Waals surface area contributed by atoms with Gasteiger partial charge >= 0.3 is 0 Å². The molecule has 4 heteroatoms. The van der Waals surface area contributed by atoms with E-state index in [4.69, 9.17) is 11.1 Å². The van der Waals surface area contributed by atoms with Crippen LogP contribution < -0.4 is 5.73 Å². The average molecular weight is 277 g/mol. The number of hydrogen-bond donors (Lipinski definition) is 2. The van der Waals surface area contributed by atoms with Gasteiger partial charge in [0.1, 0.15) is 5.84 Å². The third-order valence-corrected chi connectivity index (χ3v) is 4.97. The maximum absolute atomic E-state index is 7.40. The Morgan fingerprint density at radius 2 is 2.00 bits per heavy atom. The summed E-state index contributed by atoms with van der Waals surface area (Å²) in [6.45, 7) is 7.98. The zero-order valence-electron chi connectivity index (χ0n) is 11.8. The van der Waals surface area contributed by atoms with Crippen LogP contribution in [0.1, 0.15) is 31.4 Å². The molecule has 0 unspecified atom stereocenters. The number of rotatable bonds is 3. The highest BCUT2D eigenvalue weighted by molar-refractivity contribution is 8.00. The minimum absolute atomic E-state index is 0.138. The summed E-state index contributed by atoms with van der Waals surface area (Å²) >= 11 is 2.08. The maximum atomic E-state index is 7.40. The van der Waals surface area contributed by atoms with E-state index in [0.29, 0.717) is 4.75 Å². The summed E-state index contributed by atoms with van der Waals surface area (Å²) in [7, 11) is 0. The Morgan fingerprint density at radius 1 is 1.32 bits per heavy atom. The lowest BCUT2D eigenvalue weighted by atomic mass is 10.1. The smallest absolute Gasteiger partial charge is 0.122 e. The Labute approximate surface area is 120 Å². The zero-order valence-corrected chi connectivity index (χ0v) is 12.6. The van der Waals surface area contributed by atoms with Crippen molar-refractivity contribution < 1.29 is 0 Å². The molecule has 0 aromatic heterocycles. The van der Waals surface area contributed by atoms with E-state index in [9.17, 15) is 0 Å². The predicted octanol–water partition coefficient (Wildman–Crippen LogP) is 2.69. The molecule has 0 spiro atoms. The van der Waals surface area contributed by atoms with Gasteiger partial charge in [0.2, 0.25) is 0 Å². The first kappa shape index (κ1) is 14.4. The molecular formula is C15H23N3S. The molecule has 2 rings (SSSR count). The number of nitrogens with one attached hydrogen (secondary N) is 1. The fraction of sp³-hybridized carbons (Fsp3) is 0.533. The average Bonchev–Trinajstić information content (AvgIpc) is 2.52. The number of benzene rings is 1. The first-order valence-corrected chi connectivity index (χ1v) is 7.74. The second kappa shape index (κ2) is 5.97. The molecule has 1 heterocycles. The molecule has 0 aliphatic carbocycles. The lowest BCUT2D eigenvalue weighted by Gasteiger charge is -2.22. The number of hydrogen-bond acceptors (Lipinski definition) is 3. The fourth-order valence-electron chi connectivity index (χ4n) is 2.27. The van der Waals surface area contributed by atoms with E-state index in [2.05, 4.69) is 42.6 Å². The molecule has 1 fully saturated rings. The van der Waals surface area contributed by atoms with Crippen molar-refractivity contribution in [2.45, 2.75) is 31.6 Å². The van der Waals surface area contributed by atoms with Crippen LogP contribution in [0.3, 0.4) is 0 Å². The molecule has 0 atom stereocenters. The summed E-state index contributed by atoms with van der Waals surface area (Å²) in [6.07, 6.45) is 1.24. The van der Waals surface area contributed by atoms with E-state index >= 15 is 0 Å². The Hall–Kier alpha value is -1.00. The standard InChI is InChI=1S/C15H23N3S/c1-15(2)7-8-18(9-10-19-15)11-12-3-5-13(6-4-12)14(16)17/h3-6H,7-11H2,1-2H3,(H3,16,17). The molecule has 19 heavy (non-hydrogen) atoms. The lowest BCUT2D eigenvalue weighted by Crippen LogP contribution is -2.26. The fourth-order valence-corrected chi connectivity index (χ4v) is 3.41. The van der Waals surface area contributed by atoms with Crippen LogP contribution >= 0.6 is 11.8 Å². The Morgan fingerprint density at radius 3 is 2.63 bits per heavy atom. The minimum atomic E-state index is 0.138. The van der Waals surface area contributed by atoms with Crippen LogP contribution in [0.2, 0.25) is 0 Å². The van der Waals surface area contributed by atoms with Gasteiger partial charge in [-0.15, -0.1) is 0 Å². The van der Waals surface area contributed by atoms with Gasteiger partial charge in [-0.1, -0.05) is 38.1 Å². The van der Waals surface area contributed by atoms with Crippen LogP contribution in [0.25, 0.3) is 0 Å². The topological polar surface area (TPSA) is 53.1 Å². The highest BCUT2D eigenvalue weighted by Gasteiger charge is 2.23. The normalized spacial score (nSPS) is 19.9. The van der Waals surface area contributed by atoms with Crippen LogP contribution in [-0.4, -0.2) is 34.3 Å². The number of nitrogens with two attached hydrogens (primary N) is 1. The number of nitrogen functional groups attached to an aromatic ring is 1. The van der Waals surface area contributed by atoms with Gasteiger partial charge in [0.25, 0.3) is 0 Å². The van der Waals surface area contributed by atoms with Gasteiger partial charge in [0.15, 0.2) is 0 Å². The van der Waals surface area contributed by atoms with Gasteiger partial charge in [-0.2, -0.15) is 11.8 Å². The first-order valence-electron chi connectivity index (χ1n) is 6.76. The number of amidine groups is 1. The van der Waals surface area contributed by atoms with Crippen molar-refractivity contribution in [1.82, 2.24) is 4.90 Å². The molecule has 0 amide bonds. The number of nitrogens with zero attached hydrogens (tertiary/aromatic N) is 1. The van der Waals surface area contributed by atoms with Crippen molar-refractivity contribution in [3.05, 3.63) is 35.4 Å². The summed E-state index contributed by atoms with van der Waals surface area (Å²) in [4.78, 5) is 2.52. The predicted molar refractivity (Wildman–Crippen MR) is 83.9 cm³/mol. The molecule has 1 saturated heterocycles. The quantitative estimate of drug-likeness (QED) is 0.660. The third-order valence-electron chi connectivity index (χ3n) is 3.60. The summed E-state index contributed by atoms with van der Waals surface area (Å²) in [5.74, 6) is 1.35. The molecule has 1 aromatic rings. The highest BCUT2D eigenvalue weighted by atomic mass is 32.2. The van der Waals surface area contributed by atoms with Crippen molar-refractivity contribution in [1.29, 1.82) is 5.41 Å². The number of thioether (sulfide) groups is 1. The van der Waals surface area contributed by atoms with E-state index < -0.39 is 0 Å². The molecule has 0 bridgehead atoms. The molecule has 0 radical (unpaired) electrons. The van der Waals surface area contributed by atoms with E-state index in [-0.39, 0.29) is 5.84 Å². The molecule has 104 valence electrons. The van der Waals surface area contributed by atoms with Gasteiger partial charge in [-0.25, -0.2) is 0 Å². The SMILES string of the molecule is CC1(C)CCN(Cc2ccc(C(=N)N)cc2)CCS1. The van der Waals surface area contributed by atoms with Crippen LogP contribution in [0.15, 0.2) is 24.3 Å². The molecule has 1 aromatic carbocycles. The van der Waals surface area contributed by atoms with E-state index in [1.807, 2.05) is 12.1 Å². The Balaban J connectivity index is 1.95. The monoisotopic (exact) mass is 277 g/mol. The van der Waals surface area contributed by atoms with Crippen molar-refractivity contribution in [2.75, 3.05) is 18.8 Å². The third kappa shape index (κ3) is 4.25. The summed E-state index contributed by atoms with van der Waals surface area (Å²) < 4.78 is 0.410. The summed E-state index contributed by atoms with van der Waals surface area (Å²) in [5.41, 5.74) is 7.57. The van der Waals surface area contributed by atoms with Gasteiger partial charge in [-0.3, -0.25) is 10.3 Å². The molecule has 3 N–H and O–H groups in total. The van der Waals surface area contributed by atoms with Crippen molar-refractivity contribution in [2.24, 2.45) is 5.73 Å². The van der Waals surface area contributed by atoms with Crippen LogP contribution in [-0.2, 0) is 6.54 Å². The van der Waals surface area contributed by atoms with Crippen molar-refractivity contribution in [3.63, 3.8) is 0 Å². The van der Waals surface area contributed by atoms with Gasteiger partial charge < -0.3 is 5.73 Å². The summed E-state index contributed by atoms with van der Waals surface area (Å²) in [6, 6.07) is 8.04. The minimum Gasteiger partial charge on any atom is -0.384 e. The van der Waals surface area contributed by atoms with Crippen molar-refractivity contribution >= 4 is 17.6 Å². The van der Waals surface area contributed by atoms with Gasteiger partial charge in [-0.05, 0) is 18.5 Å². The van der Waals surface area contributed by atoms with Crippen LogP contribution in [0, 0.1) is 5.41 Å². The Kier molecular flexibility index (Phi) is 4.53. The van der Waals surface area contributed by atoms with Gasteiger partial charge in [0, 0.05) is 29.2 Å². The Bertz CT molecular complexity index is 439. The molecule has 0 saturated carbocycles. The molecule has 1 aliphatic rings. The van der Waals surface area contributed by atoms with E-state index in [1.54, 1.807) is 0 Å². The van der Waals surface area contributed by atoms with E-state index in [1.165, 1.54) is 17.7 Å². The molecular weight excluding hydrogens is 254 g/mol. The first-order chi connectivity index (χ1) is 8.96. The van der Waals surface area contributed by atoms with Gasteiger partial charge in [0.05, 0.1) is 0 Å². The maximum Gasteiger partial charge on any atom is 0.122 e. The zero-order chi connectivity index (χ0) is 13.9. The summed E-state index contributed by atoms with van der Waals surface area (Å²) in [5, 5.41) is 7.40. The lowest BCUT2D eigenvalue weighted by molar-refractivity contribution is 0.276. The van der Waals surface area contributed by atoms with Crippen LogP contribution in [0.4, 0.5) is 0 Å². The van der Waals surface area contributed by atoms with Crippen LogP contribution in [0.5, 0.6) is 0 Å². The van der Waals surface area contributed by atoms with E-state index in [0.717, 1.165) is 25.2 Å². The highest BCUT2D eigenvalue weighted by Crippen LogP contribution is 2.31. The van der Waals surface area contributed by atoms with Crippen molar-refractivity contribution in [3.8, 4) is 0 Å². The molecule has 1 aliphatic heterocycles. The largest absolute Gasteiger partial charge is 0.384 e. The second-order valence-corrected chi connectivity index (χ2v) is 7.55.